The molecule has 0 heterocycles. The first-order valence-electron chi connectivity index (χ1n) is 20.3. The molecule has 0 aliphatic heterocycles. The van der Waals surface area contributed by atoms with Crippen LogP contribution in [-0.2, 0) is 4.74 Å². The molecule has 0 saturated carbocycles. The third-order valence-electron chi connectivity index (χ3n) is 9.45. The minimum absolute atomic E-state index is 0.0969. The molecule has 0 saturated heterocycles. The molecule has 0 aliphatic rings. The molecule has 5 nitrogen and oxygen atoms in total. The van der Waals surface area contributed by atoms with Gasteiger partial charge in [-0.15, -0.1) is 0 Å². The van der Waals surface area contributed by atoms with Gasteiger partial charge >= 0.3 is 6.09 Å². The van der Waals surface area contributed by atoms with Gasteiger partial charge in [0.1, 0.15) is 6.61 Å². The van der Waals surface area contributed by atoms with E-state index in [-0.39, 0.29) is 6.09 Å². The molecule has 1 amide bonds. The van der Waals surface area contributed by atoms with Gasteiger partial charge in [-0.3, -0.25) is 0 Å². The summed E-state index contributed by atoms with van der Waals surface area (Å²) in [6.07, 6.45) is 38.1. The van der Waals surface area contributed by atoms with Gasteiger partial charge in [-0.25, -0.2) is 4.79 Å². The Balaban J connectivity index is 4.09. The van der Waals surface area contributed by atoms with E-state index in [4.69, 9.17) is 4.74 Å². The van der Waals surface area contributed by atoms with E-state index in [0.717, 1.165) is 45.6 Å². The van der Waals surface area contributed by atoms with Crippen LogP contribution in [0.4, 0.5) is 4.79 Å². The van der Waals surface area contributed by atoms with Gasteiger partial charge < -0.3 is 19.4 Å². The molecule has 0 aromatic heterocycles. The third-order valence-corrected chi connectivity index (χ3v) is 9.45. The van der Waals surface area contributed by atoms with Gasteiger partial charge in [-0.2, -0.15) is 0 Å². The smallest absolute Gasteiger partial charge is 0.409 e. The predicted molar refractivity (Wildman–Crippen MR) is 200 cm³/mol. The lowest BCUT2D eigenvalue weighted by molar-refractivity contribution is 0.0914. The standard InChI is InChI=1S/C40H83N3O2/c1-6-8-10-12-14-16-18-20-22-24-26-28-30-32-34-43(40(44)45-39-38-42(5)37-36-41(3)4)35-33-31-29-27-25-23-21-19-17-15-13-11-9-7-2/h6-39H2,1-5H3. The molecule has 270 valence electrons. The van der Waals surface area contributed by atoms with Crippen LogP contribution < -0.4 is 0 Å². The normalized spacial score (nSPS) is 11.6. The zero-order chi connectivity index (χ0) is 33.1. The van der Waals surface area contributed by atoms with Gasteiger partial charge in [-0.05, 0) is 34.0 Å². The van der Waals surface area contributed by atoms with Crippen LogP contribution in [0.1, 0.15) is 194 Å². The summed E-state index contributed by atoms with van der Waals surface area (Å²) in [5.74, 6) is 0. The van der Waals surface area contributed by atoms with Crippen LogP contribution in [0.25, 0.3) is 0 Å². The first-order chi connectivity index (χ1) is 22.0. The number of nitrogens with zero attached hydrogens (tertiary/aromatic N) is 3. The van der Waals surface area contributed by atoms with Crippen molar-refractivity contribution in [3.8, 4) is 0 Å². The maximum atomic E-state index is 13.0. The molecule has 0 spiro atoms. The van der Waals surface area contributed by atoms with Gasteiger partial charge in [0.25, 0.3) is 0 Å². The van der Waals surface area contributed by atoms with Crippen LogP contribution in [0.15, 0.2) is 0 Å². The Kier molecular flexibility index (Phi) is 35.4. The number of rotatable bonds is 36. The lowest BCUT2D eigenvalue weighted by Gasteiger charge is -2.24. The van der Waals surface area contributed by atoms with Crippen molar-refractivity contribution in [2.45, 2.75) is 194 Å². The molecular weight excluding hydrogens is 554 g/mol. The Labute approximate surface area is 284 Å². The van der Waals surface area contributed by atoms with Gasteiger partial charge in [-0.1, -0.05) is 181 Å². The third kappa shape index (κ3) is 34.3. The van der Waals surface area contributed by atoms with Crippen molar-refractivity contribution in [1.29, 1.82) is 0 Å². The Morgan fingerprint density at radius 3 is 1.02 bits per heavy atom. The van der Waals surface area contributed by atoms with Crippen molar-refractivity contribution in [2.24, 2.45) is 0 Å². The van der Waals surface area contributed by atoms with Crippen molar-refractivity contribution in [1.82, 2.24) is 14.7 Å². The Bertz CT molecular complexity index is 554. The number of unbranched alkanes of at least 4 members (excludes halogenated alkanes) is 26. The lowest BCUT2D eigenvalue weighted by atomic mass is 10.0. The Morgan fingerprint density at radius 2 is 0.711 bits per heavy atom. The highest BCUT2D eigenvalue weighted by molar-refractivity contribution is 5.67. The summed E-state index contributed by atoms with van der Waals surface area (Å²) in [7, 11) is 6.30. The largest absolute Gasteiger partial charge is 0.448 e. The quantitative estimate of drug-likeness (QED) is 0.0640. The van der Waals surface area contributed by atoms with Crippen LogP contribution >= 0.6 is 0 Å². The zero-order valence-electron chi connectivity index (χ0n) is 31.7. The van der Waals surface area contributed by atoms with Crippen molar-refractivity contribution in [3.05, 3.63) is 0 Å². The van der Waals surface area contributed by atoms with Crippen LogP contribution in [0, 0.1) is 0 Å². The molecule has 0 unspecified atom stereocenters. The van der Waals surface area contributed by atoms with E-state index in [2.05, 4.69) is 44.8 Å². The van der Waals surface area contributed by atoms with Crippen molar-refractivity contribution >= 4 is 6.09 Å². The average molecular weight is 638 g/mol. The van der Waals surface area contributed by atoms with E-state index >= 15 is 0 Å². The van der Waals surface area contributed by atoms with Crippen molar-refractivity contribution < 1.29 is 9.53 Å². The topological polar surface area (TPSA) is 36.0 Å². The first-order valence-corrected chi connectivity index (χ1v) is 20.3. The number of hydrogen-bond donors (Lipinski definition) is 0. The minimum Gasteiger partial charge on any atom is -0.448 e. The maximum Gasteiger partial charge on any atom is 0.409 e. The molecule has 0 aliphatic carbocycles. The van der Waals surface area contributed by atoms with E-state index in [0.29, 0.717) is 6.61 Å². The molecule has 0 fully saturated rings. The average Bonchev–Trinajstić information content (AvgIpc) is 3.03. The fraction of sp³-hybridized carbons (Fsp3) is 0.975. The molecule has 45 heavy (non-hydrogen) atoms. The lowest BCUT2D eigenvalue weighted by Crippen LogP contribution is -2.36. The number of carbonyl (C=O) groups is 1. The molecule has 0 atom stereocenters. The van der Waals surface area contributed by atoms with Gasteiger partial charge in [0, 0.05) is 32.7 Å². The minimum atomic E-state index is -0.0969. The van der Waals surface area contributed by atoms with Crippen LogP contribution in [0.3, 0.4) is 0 Å². The highest BCUT2D eigenvalue weighted by atomic mass is 16.6. The SMILES string of the molecule is CCCCCCCCCCCCCCCCN(CCCCCCCCCCCCCCCC)C(=O)OCCN(C)CCN(C)C. The van der Waals surface area contributed by atoms with E-state index in [1.54, 1.807) is 0 Å². The summed E-state index contributed by atoms with van der Waals surface area (Å²) in [4.78, 5) is 19.5. The van der Waals surface area contributed by atoms with Crippen molar-refractivity contribution in [2.75, 3.05) is 60.5 Å². The van der Waals surface area contributed by atoms with Crippen LogP contribution in [0.2, 0.25) is 0 Å². The maximum absolute atomic E-state index is 13.0. The van der Waals surface area contributed by atoms with Gasteiger partial charge in [0.2, 0.25) is 0 Å². The van der Waals surface area contributed by atoms with Crippen molar-refractivity contribution in [3.63, 3.8) is 0 Å². The van der Waals surface area contributed by atoms with E-state index in [1.165, 1.54) is 167 Å². The summed E-state index contributed by atoms with van der Waals surface area (Å²) < 4.78 is 5.75. The summed E-state index contributed by atoms with van der Waals surface area (Å²) >= 11 is 0. The Morgan fingerprint density at radius 1 is 0.400 bits per heavy atom. The molecule has 0 N–H and O–H groups in total. The molecular formula is C40H83N3O2. The summed E-state index contributed by atoms with van der Waals surface area (Å²) in [5, 5.41) is 0. The summed E-state index contributed by atoms with van der Waals surface area (Å²) in [6, 6.07) is 0. The van der Waals surface area contributed by atoms with Gasteiger partial charge in [0.15, 0.2) is 0 Å². The molecule has 0 aromatic rings. The molecule has 0 radical (unpaired) electrons. The molecule has 0 rings (SSSR count). The Hall–Kier alpha value is -0.810. The molecule has 0 bridgehead atoms. The molecule has 5 heteroatoms. The zero-order valence-corrected chi connectivity index (χ0v) is 31.7. The second-order valence-corrected chi connectivity index (χ2v) is 14.4. The molecule has 0 aromatic carbocycles. The number of carbonyl (C=O) groups excluding carboxylic acids is 1. The second-order valence-electron chi connectivity index (χ2n) is 14.4. The highest BCUT2D eigenvalue weighted by Crippen LogP contribution is 2.15. The monoisotopic (exact) mass is 638 g/mol. The number of amides is 1. The highest BCUT2D eigenvalue weighted by Gasteiger charge is 2.15. The van der Waals surface area contributed by atoms with E-state index in [9.17, 15) is 4.79 Å². The first kappa shape index (κ1) is 44.2. The second kappa shape index (κ2) is 36.0. The predicted octanol–water partition coefficient (Wildman–Crippen LogP) is 11.9. The fourth-order valence-electron chi connectivity index (χ4n) is 6.15. The fourth-order valence-corrected chi connectivity index (χ4v) is 6.15. The number of hydrogen-bond acceptors (Lipinski definition) is 4. The number of ether oxygens (including phenoxy) is 1. The summed E-state index contributed by atoms with van der Waals surface area (Å²) in [6.45, 7) is 9.59. The summed E-state index contributed by atoms with van der Waals surface area (Å²) in [5.41, 5.74) is 0. The van der Waals surface area contributed by atoms with Crippen LogP contribution in [-0.4, -0.2) is 81.3 Å². The van der Waals surface area contributed by atoms with Gasteiger partial charge in [0.05, 0.1) is 0 Å². The number of likely N-dealkylation sites (N-methyl/N-ethyl adjacent to an activating group) is 2. The van der Waals surface area contributed by atoms with Crippen LogP contribution in [0.5, 0.6) is 0 Å². The van der Waals surface area contributed by atoms with E-state index in [1.807, 2.05) is 4.90 Å². The van der Waals surface area contributed by atoms with E-state index < -0.39 is 0 Å².